The Labute approximate surface area is 259 Å². The number of hydrogen-bond donors (Lipinski definition) is 2. The maximum absolute atomic E-state index is 13.8. The number of anilines is 3. The minimum atomic E-state index is -0.187. The van der Waals surface area contributed by atoms with Crippen LogP contribution in [-0.4, -0.2) is 57.2 Å². The molecule has 0 bridgehead atoms. The number of ether oxygens (including phenoxy) is 1. The topological polar surface area (TPSA) is 73.9 Å². The minimum Gasteiger partial charge on any atom is -0.376 e. The van der Waals surface area contributed by atoms with E-state index in [9.17, 15) is 9.59 Å². The predicted octanol–water partition coefficient (Wildman–Crippen LogP) is 6.62. The highest BCUT2D eigenvalue weighted by Crippen LogP contribution is 2.34. The van der Waals surface area contributed by atoms with Crippen LogP contribution in [0.15, 0.2) is 103 Å². The van der Waals surface area contributed by atoms with Gasteiger partial charge >= 0.3 is 0 Å². The monoisotopic (exact) mass is 588 g/mol. The van der Waals surface area contributed by atoms with Gasteiger partial charge in [0.2, 0.25) is 0 Å². The molecule has 1 fully saturated rings. The molecule has 6 rings (SSSR count). The fourth-order valence-electron chi connectivity index (χ4n) is 6.14. The lowest BCUT2D eigenvalue weighted by Crippen LogP contribution is -2.38. The average molecular weight is 589 g/mol. The predicted molar refractivity (Wildman–Crippen MR) is 178 cm³/mol. The Morgan fingerprint density at radius 1 is 0.818 bits per heavy atom. The molecule has 226 valence electrons. The molecule has 2 aliphatic rings. The van der Waals surface area contributed by atoms with Gasteiger partial charge in [-0.15, -0.1) is 0 Å². The van der Waals surface area contributed by atoms with E-state index >= 15 is 0 Å². The summed E-state index contributed by atoms with van der Waals surface area (Å²) in [5, 5.41) is 6.42. The number of amides is 2. The van der Waals surface area contributed by atoms with E-state index < -0.39 is 0 Å². The average Bonchev–Trinajstić information content (AvgIpc) is 3.27. The van der Waals surface area contributed by atoms with Crippen molar-refractivity contribution in [3.05, 3.63) is 114 Å². The van der Waals surface area contributed by atoms with Gasteiger partial charge in [-0.1, -0.05) is 60.7 Å². The van der Waals surface area contributed by atoms with Crippen molar-refractivity contribution in [3.63, 3.8) is 0 Å². The zero-order chi connectivity index (χ0) is 30.1. The van der Waals surface area contributed by atoms with Crippen molar-refractivity contribution in [2.45, 2.75) is 31.8 Å². The Morgan fingerprint density at radius 2 is 1.57 bits per heavy atom. The number of unbranched alkanes of at least 4 members (excludes halogenated alkanes) is 1. The molecule has 2 heterocycles. The van der Waals surface area contributed by atoms with Crippen LogP contribution >= 0.6 is 0 Å². The minimum absolute atomic E-state index is 0.0338. The van der Waals surface area contributed by atoms with Crippen molar-refractivity contribution in [1.82, 2.24) is 5.32 Å². The van der Waals surface area contributed by atoms with Crippen LogP contribution in [0.3, 0.4) is 0 Å². The summed E-state index contributed by atoms with van der Waals surface area (Å²) in [4.78, 5) is 31.4. The second-order valence-corrected chi connectivity index (χ2v) is 11.4. The van der Waals surface area contributed by atoms with E-state index in [4.69, 9.17) is 4.74 Å². The molecule has 1 saturated heterocycles. The Balaban J connectivity index is 1.11. The summed E-state index contributed by atoms with van der Waals surface area (Å²) in [6.07, 6.45) is 4.49. The van der Waals surface area contributed by atoms with Crippen molar-refractivity contribution in [2.24, 2.45) is 0 Å². The Morgan fingerprint density at radius 3 is 2.36 bits per heavy atom. The molecular formula is C37H40N4O3. The zero-order valence-corrected chi connectivity index (χ0v) is 25.1. The lowest BCUT2D eigenvalue weighted by molar-refractivity contribution is 0.0222. The van der Waals surface area contributed by atoms with Gasteiger partial charge in [0.1, 0.15) is 0 Å². The van der Waals surface area contributed by atoms with E-state index in [1.54, 1.807) is 24.3 Å². The van der Waals surface area contributed by atoms with E-state index in [1.165, 1.54) is 0 Å². The number of nitrogens with one attached hydrogen (secondary N) is 2. The first-order valence-electron chi connectivity index (χ1n) is 15.7. The number of morpholine rings is 1. The lowest BCUT2D eigenvalue weighted by Gasteiger charge is -2.27. The van der Waals surface area contributed by atoms with Crippen molar-refractivity contribution >= 4 is 28.9 Å². The summed E-state index contributed by atoms with van der Waals surface area (Å²) in [5.74, 6) is -0.221. The third-order valence-corrected chi connectivity index (χ3v) is 8.42. The third kappa shape index (κ3) is 7.01. The number of hydrogen-bond acceptors (Lipinski definition) is 5. The van der Waals surface area contributed by atoms with E-state index in [0.717, 1.165) is 81.0 Å². The van der Waals surface area contributed by atoms with Gasteiger partial charge in [0.05, 0.1) is 24.1 Å². The summed E-state index contributed by atoms with van der Waals surface area (Å²) in [7, 11) is 0. The number of fused-ring (bicyclic) bond motifs is 1. The second-order valence-electron chi connectivity index (χ2n) is 11.4. The van der Waals surface area contributed by atoms with Crippen LogP contribution in [0.1, 0.15) is 46.4 Å². The Hall–Kier alpha value is -4.46. The number of carbonyl (C=O) groups is 2. The third-order valence-electron chi connectivity index (χ3n) is 8.42. The molecule has 4 aromatic rings. The number of nitrogens with zero attached hydrogens (tertiary/aromatic N) is 2. The molecule has 1 atom stereocenters. The van der Waals surface area contributed by atoms with E-state index in [-0.39, 0.29) is 11.8 Å². The van der Waals surface area contributed by atoms with Crippen LogP contribution in [0.4, 0.5) is 17.1 Å². The molecule has 2 amide bonds. The maximum atomic E-state index is 13.8. The van der Waals surface area contributed by atoms with Gasteiger partial charge in [-0.05, 0) is 79.3 Å². The first-order chi connectivity index (χ1) is 21.7. The largest absolute Gasteiger partial charge is 0.376 e. The first kappa shape index (κ1) is 29.6. The maximum Gasteiger partial charge on any atom is 0.258 e. The van der Waals surface area contributed by atoms with Gasteiger partial charge in [0, 0.05) is 49.5 Å². The number of carbonyl (C=O) groups excluding carboxylic acids is 2. The number of rotatable bonds is 9. The number of benzene rings is 4. The van der Waals surface area contributed by atoms with Crippen molar-refractivity contribution in [1.29, 1.82) is 0 Å². The van der Waals surface area contributed by atoms with Crippen LogP contribution in [0.25, 0.3) is 11.1 Å². The molecule has 7 nitrogen and oxygen atoms in total. The van der Waals surface area contributed by atoms with Gasteiger partial charge in [0.25, 0.3) is 11.8 Å². The fraction of sp³-hybridized carbons (Fsp3) is 0.297. The zero-order valence-electron chi connectivity index (χ0n) is 25.1. The van der Waals surface area contributed by atoms with Gasteiger partial charge < -0.3 is 25.2 Å². The molecule has 4 aromatic carbocycles. The van der Waals surface area contributed by atoms with Crippen LogP contribution < -0.4 is 20.4 Å². The highest BCUT2D eigenvalue weighted by atomic mass is 16.5. The van der Waals surface area contributed by atoms with Crippen molar-refractivity contribution < 1.29 is 14.3 Å². The molecular weight excluding hydrogens is 548 g/mol. The van der Waals surface area contributed by atoms with Gasteiger partial charge in [-0.25, -0.2) is 0 Å². The van der Waals surface area contributed by atoms with E-state index in [0.29, 0.717) is 29.5 Å². The molecule has 0 aliphatic carbocycles. The quantitative estimate of drug-likeness (QED) is 0.215. The highest BCUT2D eigenvalue weighted by Gasteiger charge is 2.25. The van der Waals surface area contributed by atoms with Crippen LogP contribution in [0.5, 0.6) is 0 Å². The second kappa shape index (κ2) is 14.3. The Bertz CT molecular complexity index is 1550. The van der Waals surface area contributed by atoms with Gasteiger partial charge in [-0.3, -0.25) is 9.59 Å². The fourth-order valence-corrected chi connectivity index (χ4v) is 6.14. The SMILES string of the molecule is O=C(Nc1ccc(C(=O)N2CCCN(CCCCC3CNCCO3)c3ccccc32)cc1)c1ccccc1-c1ccccc1. The summed E-state index contributed by atoms with van der Waals surface area (Å²) in [5.41, 5.74) is 5.76. The summed E-state index contributed by atoms with van der Waals surface area (Å²) >= 11 is 0. The molecule has 0 aromatic heterocycles. The molecule has 1 unspecified atom stereocenters. The summed E-state index contributed by atoms with van der Waals surface area (Å²) in [6, 6.07) is 32.9. The molecule has 2 N–H and O–H groups in total. The summed E-state index contributed by atoms with van der Waals surface area (Å²) in [6.45, 7) is 5.22. The molecule has 0 spiro atoms. The summed E-state index contributed by atoms with van der Waals surface area (Å²) < 4.78 is 5.86. The van der Waals surface area contributed by atoms with Crippen molar-refractivity contribution in [2.75, 3.05) is 54.4 Å². The van der Waals surface area contributed by atoms with Gasteiger partial charge in [0.15, 0.2) is 0 Å². The van der Waals surface area contributed by atoms with Gasteiger partial charge in [-0.2, -0.15) is 0 Å². The molecule has 2 aliphatic heterocycles. The first-order valence-corrected chi connectivity index (χ1v) is 15.7. The normalized spacial score (nSPS) is 16.6. The van der Waals surface area contributed by atoms with E-state index in [1.807, 2.05) is 71.6 Å². The van der Waals surface area contributed by atoms with Crippen LogP contribution in [0, 0.1) is 0 Å². The lowest BCUT2D eigenvalue weighted by atomic mass is 9.99. The molecule has 44 heavy (non-hydrogen) atoms. The van der Waals surface area contributed by atoms with Crippen LogP contribution in [-0.2, 0) is 4.74 Å². The number of para-hydroxylation sites is 2. The molecule has 0 radical (unpaired) electrons. The smallest absolute Gasteiger partial charge is 0.258 e. The van der Waals surface area contributed by atoms with Crippen molar-refractivity contribution in [3.8, 4) is 11.1 Å². The standard InChI is InChI=1S/C37H40N4O3/c42-36(33-15-5-4-14-32(33)28-11-2-1-3-12-28)39-30-20-18-29(19-21-30)37(43)41-25-10-24-40(34-16-6-7-17-35(34)41)23-9-8-13-31-27-38-22-26-44-31/h1-7,11-12,14-21,31,38H,8-10,13,22-27H2,(H,39,42). The van der Waals surface area contributed by atoms with E-state index in [2.05, 4.69) is 27.7 Å². The Kier molecular flexibility index (Phi) is 9.65. The molecule has 0 saturated carbocycles. The highest BCUT2D eigenvalue weighted by molar-refractivity contribution is 6.10. The van der Waals surface area contributed by atoms with Crippen LogP contribution in [0.2, 0.25) is 0 Å². The molecule has 7 heteroatoms.